The van der Waals surface area contributed by atoms with Crippen LogP contribution in [0.3, 0.4) is 0 Å². The van der Waals surface area contributed by atoms with Gasteiger partial charge in [-0.2, -0.15) is 0 Å². The van der Waals surface area contributed by atoms with Crippen LogP contribution < -0.4 is 4.72 Å². The molecule has 2 rings (SSSR count). The maximum Gasteiger partial charge on any atom is 0.261 e. The summed E-state index contributed by atoms with van der Waals surface area (Å²) in [5, 5.41) is 0. The van der Waals surface area contributed by atoms with Crippen LogP contribution in [0.1, 0.15) is 5.56 Å². The lowest BCUT2D eigenvalue weighted by Gasteiger charge is -2.09. The second-order valence-corrected chi connectivity index (χ2v) is 6.64. The van der Waals surface area contributed by atoms with Gasteiger partial charge in [0.2, 0.25) is 0 Å². The van der Waals surface area contributed by atoms with E-state index in [1.807, 2.05) is 0 Å². The Bertz CT molecular complexity index is 716. The van der Waals surface area contributed by atoms with Gasteiger partial charge in [-0.25, -0.2) is 12.8 Å². The SMILES string of the molecule is Cc1cccc(S(=O)(=O)Nc2cc(Br)ccc2F)c1. The van der Waals surface area contributed by atoms with E-state index in [1.54, 1.807) is 19.1 Å². The van der Waals surface area contributed by atoms with Gasteiger partial charge < -0.3 is 0 Å². The quantitative estimate of drug-likeness (QED) is 0.923. The smallest absolute Gasteiger partial charge is 0.261 e. The number of hydrogen-bond acceptors (Lipinski definition) is 2. The molecule has 2 aromatic carbocycles. The van der Waals surface area contributed by atoms with Crippen molar-refractivity contribution >= 4 is 31.6 Å². The van der Waals surface area contributed by atoms with E-state index in [9.17, 15) is 12.8 Å². The van der Waals surface area contributed by atoms with Crippen LogP contribution in [0.4, 0.5) is 10.1 Å². The molecule has 0 aliphatic heterocycles. The number of sulfonamides is 1. The fourth-order valence-electron chi connectivity index (χ4n) is 1.56. The van der Waals surface area contributed by atoms with Gasteiger partial charge in [-0.05, 0) is 42.8 Å². The maximum atomic E-state index is 13.5. The first kappa shape index (κ1) is 14.0. The highest BCUT2D eigenvalue weighted by molar-refractivity contribution is 9.10. The molecule has 0 aromatic heterocycles. The zero-order valence-electron chi connectivity index (χ0n) is 10.0. The van der Waals surface area contributed by atoms with Gasteiger partial charge in [-0.15, -0.1) is 0 Å². The van der Waals surface area contributed by atoms with Gasteiger partial charge in [0.25, 0.3) is 10.0 Å². The van der Waals surface area contributed by atoms with E-state index in [-0.39, 0.29) is 10.6 Å². The van der Waals surface area contributed by atoms with Gasteiger partial charge in [-0.3, -0.25) is 4.72 Å². The summed E-state index contributed by atoms with van der Waals surface area (Å²) < 4.78 is 40.6. The van der Waals surface area contributed by atoms with Gasteiger partial charge >= 0.3 is 0 Å². The Labute approximate surface area is 119 Å². The fraction of sp³-hybridized carbons (Fsp3) is 0.0769. The van der Waals surface area contributed by atoms with Crippen LogP contribution in [-0.2, 0) is 10.0 Å². The average molecular weight is 344 g/mol. The van der Waals surface area contributed by atoms with Crippen LogP contribution in [0.2, 0.25) is 0 Å². The molecule has 0 radical (unpaired) electrons. The van der Waals surface area contributed by atoms with Gasteiger partial charge in [0.05, 0.1) is 10.6 Å². The topological polar surface area (TPSA) is 46.2 Å². The summed E-state index contributed by atoms with van der Waals surface area (Å²) in [6.45, 7) is 1.79. The molecular formula is C13H11BrFNO2S. The summed E-state index contributed by atoms with van der Waals surface area (Å²) in [6, 6.07) is 10.5. The summed E-state index contributed by atoms with van der Waals surface area (Å²) in [6.07, 6.45) is 0. The van der Waals surface area contributed by atoms with Crippen LogP contribution in [0.25, 0.3) is 0 Å². The van der Waals surface area contributed by atoms with Crippen molar-refractivity contribution in [3.8, 4) is 0 Å². The van der Waals surface area contributed by atoms with Crippen LogP contribution in [0.5, 0.6) is 0 Å². The Morgan fingerprint density at radius 2 is 1.89 bits per heavy atom. The molecule has 0 spiro atoms. The molecule has 6 heteroatoms. The Kier molecular flexibility index (Phi) is 3.91. The number of hydrogen-bond donors (Lipinski definition) is 1. The normalized spacial score (nSPS) is 11.3. The number of nitrogens with one attached hydrogen (secondary N) is 1. The molecule has 2 aromatic rings. The van der Waals surface area contributed by atoms with E-state index >= 15 is 0 Å². The third-order valence-electron chi connectivity index (χ3n) is 2.47. The highest BCUT2D eigenvalue weighted by Crippen LogP contribution is 2.23. The van der Waals surface area contributed by atoms with Gasteiger partial charge in [-0.1, -0.05) is 28.1 Å². The van der Waals surface area contributed by atoms with Crippen molar-refractivity contribution in [2.75, 3.05) is 4.72 Å². The summed E-state index contributed by atoms with van der Waals surface area (Å²) in [4.78, 5) is 0.104. The fourth-order valence-corrected chi connectivity index (χ4v) is 3.09. The minimum absolute atomic E-state index is 0.0871. The molecule has 0 atom stereocenters. The van der Waals surface area contributed by atoms with Crippen molar-refractivity contribution < 1.29 is 12.8 Å². The molecule has 100 valence electrons. The number of benzene rings is 2. The first-order valence-electron chi connectivity index (χ1n) is 5.43. The molecule has 0 saturated heterocycles. The van der Waals surface area contributed by atoms with Gasteiger partial charge in [0, 0.05) is 4.47 Å². The zero-order valence-corrected chi connectivity index (χ0v) is 12.4. The lowest BCUT2D eigenvalue weighted by molar-refractivity contribution is 0.598. The van der Waals surface area contributed by atoms with E-state index in [4.69, 9.17) is 0 Å². The largest absolute Gasteiger partial charge is 0.277 e. The van der Waals surface area contributed by atoms with Gasteiger partial charge in [0.1, 0.15) is 5.82 Å². The zero-order chi connectivity index (χ0) is 14.0. The standard InChI is InChI=1S/C13H11BrFNO2S/c1-9-3-2-4-11(7-9)19(17,18)16-13-8-10(14)5-6-12(13)15/h2-8,16H,1H3. The monoisotopic (exact) mass is 343 g/mol. The minimum Gasteiger partial charge on any atom is -0.277 e. The van der Waals surface area contributed by atoms with Gasteiger partial charge in [0.15, 0.2) is 0 Å². The van der Waals surface area contributed by atoms with Crippen LogP contribution >= 0.6 is 15.9 Å². The molecule has 0 aliphatic carbocycles. The molecular weight excluding hydrogens is 333 g/mol. The van der Waals surface area contributed by atoms with Crippen molar-refractivity contribution in [2.45, 2.75) is 11.8 Å². The Hall–Kier alpha value is -1.40. The molecule has 0 bridgehead atoms. The molecule has 0 amide bonds. The molecule has 0 aliphatic rings. The van der Waals surface area contributed by atoms with Crippen molar-refractivity contribution in [2.24, 2.45) is 0 Å². The highest BCUT2D eigenvalue weighted by Gasteiger charge is 2.16. The first-order chi connectivity index (χ1) is 8.88. The lowest BCUT2D eigenvalue weighted by atomic mass is 10.2. The summed E-state index contributed by atoms with van der Waals surface area (Å²) in [5.74, 6) is -0.626. The van der Waals surface area contributed by atoms with E-state index in [2.05, 4.69) is 20.7 Å². The molecule has 0 heterocycles. The van der Waals surface area contributed by atoms with Crippen LogP contribution in [0, 0.1) is 12.7 Å². The predicted octanol–water partition coefficient (Wildman–Crippen LogP) is 3.70. The van der Waals surface area contributed by atoms with Crippen molar-refractivity contribution in [3.63, 3.8) is 0 Å². The molecule has 1 N–H and O–H groups in total. The summed E-state index contributed by atoms with van der Waals surface area (Å²) in [5.41, 5.74) is 0.730. The van der Waals surface area contributed by atoms with Crippen molar-refractivity contribution in [1.29, 1.82) is 0 Å². The molecule has 3 nitrogen and oxygen atoms in total. The van der Waals surface area contributed by atoms with E-state index in [0.29, 0.717) is 4.47 Å². The Morgan fingerprint density at radius 3 is 2.58 bits per heavy atom. The maximum absolute atomic E-state index is 13.5. The van der Waals surface area contributed by atoms with E-state index in [0.717, 1.165) is 5.56 Å². The number of rotatable bonds is 3. The first-order valence-corrected chi connectivity index (χ1v) is 7.71. The molecule has 0 unspecified atom stereocenters. The Balaban J connectivity index is 2.39. The minimum atomic E-state index is -3.79. The number of aryl methyl sites for hydroxylation is 1. The third-order valence-corrected chi connectivity index (χ3v) is 4.33. The summed E-state index contributed by atoms with van der Waals surface area (Å²) >= 11 is 3.17. The lowest BCUT2D eigenvalue weighted by Crippen LogP contribution is -2.14. The van der Waals surface area contributed by atoms with Crippen LogP contribution in [-0.4, -0.2) is 8.42 Å². The average Bonchev–Trinajstić information content (AvgIpc) is 2.33. The predicted molar refractivity (Wildman–Crippen MR) is 76.1 cm³/mol. The third kappa shape index (κ3) is 3.33. The second-order valence-electron chi connectivity index (χ2n) is 4.05. The number of anilines is 1. The van der Waals surface area contributed by atoms with Crippen LogP contribution in [0.15, 0.2) is 51.8 Å². The Morgan fingerprint density at radius 1 is 1.16 bits per heavy atom. The van der Waals surface area contributed by atoms with E-state index in [1.165, 1.54) is 30.3 Å². The van der Waals surface area contributed by atoms with E-state index < -0.39 is 15.8 Å². The molecule has 0 saturated carbocycles. The van der Waals surface area contributed by atoms with Crippen molar-refractivity contribution in [3.05, 3.63) is 58.3 Å². The molecule has 0 fully saturated rings. The summed E-state index contributed by atoms with van der Waals surface area (Å²) in [7, 11) is -3.79. The van der Waals surface area contributed by atoms with Crippen molar-refractivity contribution in [1.82, 2.24) is 0 Å². The molecule has 19 heavy (non-hydrogen) atoms. The highest BCUT2D eigenvalue weighted by atomic mass is 79.9. The number of halogens is 2. The second kappa shape index (κ2) is 5.30.